The van der Waals surface area contributed by atoms with Gasteiger partial charge >= 0.3 is 0 Å². The fraction of sp³-hybridized carbons (Fsp3) is 0.143. The van der Waals surface area contributed by atoms with E-state index in [0.29, 0.717) is 10.7 Å². The number of allylic oxidation sites excluding steroid dienone is 1. The van der Waals surface area contributed by atoms with Crippen LogP contribution >= 0.6 is 11.8 Å². The summed E-state index contributed by atoms with van der Waals surface area (Å²) in [5, 5.41) is 1.77. The minimum absolute atomic E-state index is 0.152. The molecule has 2 amide bonds. The number of carbonyl (C=O) groups is 2. The number of thioether (sulfide) groups is 1. The topological polar surface area (TPSA) is 64.6 Å². The van der Waals surface area contributed by atoms with Crippen LogP contribution in [0.25, 0.3) is 0 Å². The van der Waals surface area contributed by atoms with Gasteiger partial charge in [0.2, 0.25) is 6.79 Å². The summed E-state index contributed by atoms with van der Waals surface area (Å²) in [4.78, 5) is 22.1. The Morgan fingerprint density at radius 1 is 1.54 bits per heavy atom. The summed E-state index contributed by atoms with van der Waals surface area (Å²) < 4.78 is 9.73. The lowest BCUT2D eigenvalue weighted by Gasteiger charge is -1.93. The highest BCUT2D eigenvalue weighted by Gasteiger charge is 2.25. The molecule has 0 aromatic carbocycles. The van der Waals surface area contributed by atoms with Crippen LogP contribution in [0.4, 0.5) is 4.79 Å². The fourth-order valence-corrected chi connectivity index (χ4v) is 1.54. The van der Waals surface area contributed by atoms with Gasteiger partial charge in [-0.25, -0.2) is 0 Å². The van der Waals surface area contributed by atoms with E-state index in [1.165, 1.54) is 12.3 Å². The summed E-state index contributed by atoms with van der Waals surface area (Å²) in [6.07, 6.45) is 2.86. The molecule has 2 aliphatic rings. The normalized spacial score (nSPS) is 24.0. The zero-order valence-corrected chi connectivity index (χ0v) is 7.22. The van der Waals surface area contributed by atoms with Gasteiger partial charge in [0.15, 0.2) is 5.76 Å². The molecule has 1 saturated heterocycles. The second kappa shape index (κ2) is 3.14. The van der Waals surface area contributed by atoms with Crippen molar-refractivity contribution in [2.75, 3.05) is 6.79 Å². The molecule has 0 spiro atoms. The Morgan fingerprint density at radius 3 is 2.92 bits per heavy atom. The predicted octanol–water partition coefficient (Wildman–Crippen LogP) is 0.699. The second-order valence-corrected chi connectivity index (χ2v) is 3.32. The molecule has 68 valence electrons. The van der Waals surface area contributed by atoms with Gasteiger partial charge in [0.25, 0.3) is 11.1 Å². The highest BCUT2D eigenvalue weighted by molar-refractivity contribution is 8.18. The Kier molecular flexibility index (Phi) is 1.97. The number of carbonyl (C=O) groups excluding carboxylic acids is 2. The van der Waals surface area contributed by atoms with Crippen LogP contribution in [-0.4, -0.2) is 17.9 Å². The molecular formula is C7H5NO4S. The highest BCUT2D eigenvalue weighted by Crippen LogP contribution is 2.25. The Labute approximate surface area is 77.8 Å². The summed E-state index contributed by atoms with van der Waals surface area (Å²) in [5.74, 6) is 0.0544. The van der Waals surface area contributed by atoms with Gasteiger partial charge in [-0.1, -0.05) is 0 Å². The maximum atomic E-state index is 11.0. The van der Waals surface area contributed by atoms with Crippen molar-refractivity contribution in [3.05, 3.63) is 23.0 Å². The molecule has 0 aromatic heterocycles. The van der Waals surface area contributed by atoms with Crippen molar-refractivity contribution in [1.82, 2.24) is 5.32 Å². The Balaban J connectivity index is 2.15. The minimum Gasteiger partial charge on any atom is -0.461 e. The van der Waals surface area contributed by atoms with Crippen molar-refractivity contribution >= 4 is 22.9 Å². The molecule has 6 heteroatoms. The first-order chi connectivity index (χ1) is 6.25. The monoisotopic (exact) mass is 199 g/mol. The molecule has 2 aliphatic heterocycles. The quantitative estimate of drug-likeness (QED) is 0.630. The number of hydrogen-bond donors (Lipinski definition) is 1. The molecule has 2 heterocycles. The zero-order chi connectivity index (χ0) is 9.26. The van der Waals surface area contributed by atoms with E-state index in [2.05, 4.69) is 5.32 Å². The smallest absolute Gasteiger partial charge is 0.290 e. The van der Waals surface area contributed by atoms with Crippen LogP contribution in [0, 0.1) is 0 Å². The van der Waals surface area contributed by atoms with E-state index in [9.17, 15) is 9.59 Å². The summed E-state index contributed by atoms with van der Waals surface area (Å²) in [6, 6.07) is 0. The third kappa shape index (κ3) is 1.67. The van der Waals surface area contributed by atoms with Crippen molar-refractivity contribution in [1.29, 1.82) is 0 Å². The lowest BCUT2D eigenvalue weighted by molar-refractivity contribution is -0.115. The molecular weight excluding hydrogens is 194 g/mol. The fourth-order valence-electron chi connectivity index (χ4n) is 0.878. The SMILES string of the molecule is O=C1NC(=O)C(=CC2=COCO2)S1. The molecule has 13 heavy (non-hydrogen) atoms. The van der Waals surface area contributed by atoms with Crippen LogP contribution < -0.4 is 5.32 Å². The third-order valence-electron chi connectivity index (χ3n) is 1.41. The van der Waals surface area contributed by atoms with Crippen molar-refractivity contribution in [3.63, 3.8) is 0 Å². The van der Waals surface area contributed by atoms with Crippen molar-refractivity contribution < 1.29 is 19.1 Å². The molecule has 1 fully saturated rings. The first-order valence-electron chi connectivity index (χ1n) is 3.45. The molecule has 0 aromatic rings. The molecule has 0 aliphatic carbocycles. The summed E-state index contributed by atoms with van der Waals surface area (Å²) in [5.41, 5.74) is 0. The van der Waals surface area contributed by atoms with E-state index in [1.807, 2.05) is 0 Å². The first-order valence-corrected chi connectivity index (χ1v) is 4.27. The number of imide groups is 1. The second-order valence-electron chi connectivity index (χ2n) is 2.30. The van der Waals surface area contributed by atoms with E-state index in [-0.39, 0.29) is 12.0 Å². The van der Waals surface area contributed by atoms with Gasteiger partial charge < -0.3 is 9.47 Å². The molecule has 5 nitrogen and oxygen atoms in total. The van der Waals surface area contributed by atoms with Crippen LogP contribution in [0.1, 0.15) is 0 Å². The summed E-state index contributed by atoms with van der Waals surface area (Å²) in [7, 11) is 0. The number of rotatable bonds is 1. The Bertz CT molecular complexity index is 333. The number of nitrogens with one attached hydrogen (secondary N) is 1. The van der Waals surface area contributed by atoms with Crippen LogP contribution in [0.2, 0.25) is 0 Å². The zero-order valence-electron chi connectivity index (χ0n) is 6.40. The van der Waals surface area contributed by atoms with Gasteiger partial charge in [0.1, 0.15) is 6.26 Å². The van der Waals surface area contributed by atoms with Crippen LogP contribution in [-0.2, 0) is 14.3 Å². The lowest BCUT2D eigenvalue weighted by Crippen LogP contribution is -2.17. The van der Waals surface area contributed by atoms with Gasteiger partial charge in [0.05, 0.1) is 4.91 Å². The maximum Gasteiger partial charge on any atom is 0.290 e. The Hall–Kier alpha value is -1.43. The van der Waals surface area contributed by atoms with Crippen LogP contribution in [0.15, 0.2) is 23.0 Å². The number of amides is 2. The standard InChI is InChI=1S/C7H5NO4S/c9-6-5(13-7(10)8-6)1-4-2-11-3-12-4/h1-2H,3H2,(H,8,9,10). The molecule has 0 bridgehead atoms. The third-order valence-corrected chi connectivity index (χ3v) is 2.22. The largest absolute Gasteiger partial charge is 0.461 e. The van der Waals surface area contributed by atoms with Gasteiger partial charge in [-0.05, 0) is 11.8 Å². The molecule has 1 N–H and O–H groups in total. The number of hydrogen-bond acceptors (Lipinski definition) is 5. The van der Waals surface area contributed by atoms with E-state index >= 15 is 0 Å². The highest BCUT2D eigenvalue weighted by atomic mass is 32.2. The molecule has 0 saturated carbocycles. The predicted molar refractivity (Wildman–Crippen MR) is 44.3 cm³/mol. The Morgan fingerprint density at radius 2 is 2.38 bits per heavy atom. The summed E-state index contributed by atoms with van der Waals surface area (Å²) in [6.45, 7) is 0.152. The first kappa shape index (κ1) is 8.18. The van der Waals surface area contributed by atoms with Gasteiger partial charge in [-0.2, -0.15) is 0 Å². The lowest BCUT2D eigenvalue weighted by atomic mass is 10.4. The van der Waals surface area contributed by atoms with E-state index in [0.717, 1.165) is 11.8 Å². The number of ether oxygens (including phenoxy) is 2. The van der Waals surface area contributed by atoms with Gasteiger partial charge in [-0.3, -0.25) is 14.9 Å². The van der Waals surface area contributed by atoms with E-state index in [1.54, 1.807) is 0 Å². The maximum absolute atomic E-state index is 11.0. The molecule has 2 rings (SSSR count). The van der Waals surface area contributed by atoms with Crippen molar-refractivity contribution in [2.45, 2.75) is 0 Å². The minimum atomic E-state index is -0.397. The van der Waals surface area contributed by atoms with Gasteiger partial charge in [0, 0.05) is 6.08 Å². The van der Waals surface area contributed by atoms with E-state index < -0.39 is 5.91 Å². The van der Waals surface area contributed by atoms with Crippen molar-refractivity contribution in [3.8, 4) is 0 Å². The molecule has 0 atom stereocenters. The van der Waals surface area contributed by atoms with Crippen LogP contribution in [0.5, 0.6) is 0 Å². The molecule has 0 unspecified atom stereocenters. The van der Waals surface area contributed by atoms with E-state index in [4.69, 9.17) is 9.47 Å². The average Bonchev–Trinajstić information content (AvgIpc) is 2.63. The van der Waals surface area contributed by atoms with Crippen LogP contribution in [0.3, 0.4) is 0 Å². The van der Waals surface area contributed by atoms with Crippen molar-refractivity contribution in [2.24, 2.45) is 0 Å². The average molecular weight is 199 g/mol. The summed E-state index contributed by atoms with van der Waals surface area (Å²) >= 11 is 0.846. The molecule has 0 radical (unpaired) electrons. The van der Waals surface area contributed by atoms with Gasteiger partial charge in [-0.15, -0.1) is 0 Å².